The van der Waals surface area contributed by atoms with Crippen molar-refractivity contribution < 1.29 is 9.53 Å². The zero-order chi connectivity index (χ0) is 30.3. The Morgan fingerprint density at radius 1 is 0.881 bits per heavy atom. The number of aliphatic imine (C=N–C) groups is 1. The van der Waals surface area contributed by atoms with E-state index in [1.54, 1.807) is 0 Å². The van der Waals surface area contributed by atoms with Gasteiger partial charge < -0.3 is 9.64 Å². The van der Waals surface area contributed by atoms with Crippen LogP contribution in [0.25, 0.3) is 0 Å². The molecule has 1 saturated heterocycles. The zero-order valence-corrected chi connectivity index (χ0v) is 27.0. The minimum atomic E-state index is -0.901. The van der Waals surface area contributed by atoms with E-state index in [4.69, 9.17) is 32.9 Å². The highest BCUT2D eigenvalue weighted by atomic mass is 35.5. The van der Waals surface area contributed by atoms with Gasteiger partial charge in [0.05, 0.1) is 12.2 Å². The quantitative estimate of drug-likeness (QED) is 0.291. The number of carbonyl (C=O) groups excluding carboxylic acids is 1. The van der Waals surface area contributed by atoms with Gasteiger partial charge in [0.15, 0.2) is 0 Å². The molecule has 0 N–H and O–H groups in total. The van der Waals surface area contributed by atoms with Gasteiger partial charge in [0, 0.05) is 23.1 Å². The van der Waals surface area contributed by atoms with Gasteiger partial charge in [-0.2, -0.15) is 0 Å². The molecule has 42 heavy (non-hydrogen) atoms. The SMILES string of the molecule is CCOc1cc(C(C)(C)C)ccc1C1=N[C@@](C)(c2ccc(Cl)cc2)[C@@](C)(c2ccc(Cl)cc2)N1C(=O)N1CCCCC1. The second kappa shape index (κ2) is 11.6. The van der Waals surface area contributed by atoms with E-state index >= 15 is 0 Å². The lowest BCUT2D eigenvalue weighted by molar-refractivity contribution is 0.102. The summed E-state index contributed by atoms with van der Waals surface area (Å²) in [6.45, 7) is 14.7. The third-order valence-electron chi connectivity index (χ3n) is 8.96. The third kappa shape index (κ3) is 5.31. The minimum Gasteiger partial charge on any atom is -0.493 e. The predicted molar refractivity (Wildman–Crippen MR) is 173 cm³/mol. The molecule has 7 heteroatoms. The van der Waals surface area contributed by atoms with E-state index in [1.165, 1.54) is 0 Å². The lowest BCUT2D eigenvalue weighted by Crippen LogP contribution is -2.58. The molecule has 0 spiro atoms. The Bertz CT molecular complexity index is 1470. The summed E-state index contributed by atoms with van der Waals surface area (Å²) < 4.78 is 6.27. The fraction of sp³-hybridized carbons (Fsp3) is 0.429. The summed E-state index contributed by atoms with van der Waals surface area (Å²) in [7, 11) is 0. The molecule has 3 aromatic rings. The van der Waals surface area contributed by atoms with Gasteiger partial charge in [-0.25, -0.2) is 4.79 Å². The molecule has 0 unspecified atom stereocenters. The molecule has 2 amide bonds. The largest absolute Gasteiger partial charge is 0.493 e. The summed E-state index contributed by atoms with van der Waals surface area (Å²) in [6, 6.07) is 21.8. The molecule has 2 aliphatic heterocycles. The molecule has 2 atom stereocenters. The molecule has 0 bridgehead atoms. The van der Waals surface area contributed by atoms with Gasteiger partial charge in [0.25, 0.3) is 0 Å². The number of halogens is 2. The molecule has 5 nitrogen and oxygen atoms in total. The number of nitrogens with zero attached hydrogens (tertiary/aromatic N) is 3. The van der Waals surface area contributed by atoms with Crippen LogP contribution in [0.2, 0.25) is 10.0 Å². The first kappa shape index (κ1) is 30.4. The van der Waals surface area contributed by atoms with Crippen LogP contribution in [0.15, 0.2) is 71.7 Å². The number of carbonyl (C=O) groups is 1. The number of hydrogen-bond acceptors (Lipinski definition) is 3. The van der Waals surface area contributed by atoms with Crippen LogP contribution in [0.3, 0.4) is 0 Å². The van der Waals surface area contributed by atoms with E-state index in [9.17, 15) is 4.79 Å². The van der Waals surface area contributed by atoms with Crippen LogP contribution in [0, 0.1) is 0 Å². The highest BCUT2D eigenvalue weighted by Crippen LogP contribution is 2.54. The molecule has 0 radical (unpaired) electrons. The predicted octanol–water partition coefficient (Wildman–Crippen LogP) is 9.19. The van der Waals surface area contributed by atoms with Crippen molar-refractivity contribution in [3.8, 4) is 5.75 Å². The first-order chi connectivity index (χ1) is 19.9. The average molecular weight is 607 g/mol. The molecule has 0 saturated carbocycles. The van der Waals surface area contributed by atoms with Crippen molar-refractivity contribution in [1.82, 2.24) is 9.80 Å². The van der Waals surface area contributed by atoms with Crippen LogP contribution in [0.4, 0.5) is 4.79 Å². The van der Waals surface area contributed by atoms with Gasteiger partial charge in [-0.3, -0.25) is 9.89 Å². The van der Waals surface area contributed by atoms with E-state index in [2.05, 4.69) is 52.8 Å². The topological polar surface area (TPSA) is 45.1 Å². The van der Waals surface area contributed by atoms with E-state index in [0.717, 1.165) is 60.4 Å². The Labute approximate surface area is 260 Å². The number of urea groups is 1. The highest BCUT2D eigenvalue weighted by molar-refractivity contribution is 6.30. The van der Waals surface area contributed by atoms with Crippen molar-refractivity contribution in [3.05, 3.63) is 99.0 Å². The number of ether oxygens (including phenoxy) is 1. The first-order valence-corrected chi connectivity index (χ1v) is 15.6. The van der Waals surface area contributed by atoms with E-state index in [1.807, 2.05) is 65.3 Å². The number of benzene rings is 3. The molecule has 1 fully saturated rings. The standard InChI is InChI=1S/C35H41Cl2N3O2/c1-7-42-30-23-26(33(2,3)4)15-20-29(30)31-38-34(5,24-11-16-27(36)17-12-24)35(6,25-13-18-28(37)19-14-25)40(31)32(41)39-21-9-8-10-22-39/h11-20,23H,7-10,21-22H2,1-6H3/t34-,35+/m0/s1. The average Bonchev–Trinajstić information content (AvgIpc) is 3.21. The van der Waals surface area contributed by atoms with Gasteiger partial charge in [-0.15, -0.1) is 0 Å². The van der Waals surface area contributed by atoms with Crippen molar-refractivity contribution >= 4 is 35.1 Å². The molecule has 0 aromatic heterocycles. The van der Waals surface area contributed by atoms with Crippen molar-refractivity contribution in [2.75, 3.05) is 19.7 Å². The number of amides is 2. The number of hydrogen-bond donors (Lipinski definition) is 0. The first-order valence-electron chi connectivity index (χ1n) is 14.9. The lowest BCUT2D eigenvalue weighted by atomic mass is 9.71. The second-order valence-corrected chi connectivity index (χ2v) is 13.5. The smallest absolute Gasteiger partial charge is 0.326 e. The molecular weight excluding hydrogens is 565 g/mol. The van der Waals surface area contributed by atoms with Crippen LogP contribution in [-0.2, 0) is 16.5 Å². The highest BCUT2D eigenvalue weighted by Gasteiger charge is 2.60. The molecular formula is C35H41Cl2N3O2. The summed E-state index contributed by atoms with van der Waals surface area (Å²) >= 11 is 12.7. The van der Waals surface area contributed by atoms with Crippen LogP contribution < -0.4 is 4.74 Å². The fourth-order valence-electron chi connectivity index (χ4n) is 6.24. The summed E-state index contributed by atoms with van der Waals surface area (Å²) in [6.07, 6.45) is 3.11. The molecule has 2 heterocycles. The zero-order valence-electron chi connectivity index (χ0n) is 25.5. The van der Waals surface area contributed by atoms with Gasteiger partial charge in [-0.1, -0.05) is 74.3 Å². The van der Waals surface area contributed by atoms with Crippen molar-refractivity contribution in [1.29, 1.82) is 0 Å². The summed E-state index contributed by atoms with van der Waals surface area (Å²) in [5, 5.41) is 1.29. The summed E-state index contributed by atoms with van der Waals surface area (Å²) in [5.74, 6) is 1.32. The maximum Gasteiger partial charge on any atom is 0.326 e. The summed E-state index contributed by atoms with van der Waals surface area (Å²) in [5.41, 5.74) is 2.02. The van der Waals surface area contributed by atoms with Crippen molar-refractivity contribution in [2.24, 2.45) is 4.99 Å². The molecule has 222 valence electrons. The van der Waals surface area contributed by atoms with E-state index in [0.29, 0.717) is 22.5 Å². The summed E-state index contributed by atoms with van der Waals surface area (Å²) in [4.78, 5) is 24.2. The van der Waals surface area contributed by atoms with Crippen molar-refractivity contribution in [3.63, 3.8) is 0 Å². The Morgan fingerprint density at radius 2 is 1.45 bits per heavy atom. The molecule has 3 aromatic carbocycles. The Morgan fingerprint density at radius 3 is 2.00 bits per heavy atom. The van der Waals surface area contributed by atoms with Crippen LogP contribution in [0.1, 0.15) is 83.1 Å². The Hall–Kier alpha value is -3.02. The van der Waals surface area contributed by atoms with E-state index < -0.39 is 11.1 Å². The van der Waals surface area contributed by atoms with Gasteiger partial charge >= 0.3 is 6.03 Å². The van der Waals surface area contributed by atoms with E-state index in [-0.39, 0.29) is 11.4 Å². The molecule has 0 aliphatic carbocycles. The maximum atomic E-state index is 14.8. The van der Waals surface area contributed by atoms with Crippen LogP contribution >= 0.6 is 23.2 Å². The number of likely N-dealkylation sites (tertiary alicyclic amines) is 1. The maximum absolute atomic E-state index is 14.8. The number of piperidine rings is 1. The van der Waals surface area contributed by atoms with Crippen LogP contribution in [-0.4, -0.2) is 41.4 Å². The minimum absolute atomic E-state index is 0.0501. The Kier molecular flexibility index (Phi) is 8.39. The van der Waals surface area contributed by atoms with Crippen molar-refractivity contribution in [2.45, 2.75) is 77.3 Å². The Balaban J connectivity index is 1.80. The van der Waals surface area contributed by atoms with Gasteiger partial charge in [0.2, 0.25) is 0 Å². The molecule has 5 rings (SSSR count). The number of rotatable bonds is 5. The normalized spacial score (nSPS) is 22.7. The third-order valence-corrected chi connectivity index (χ3v) is 9.46. The lowest BCUT2D eigenvalue weighted by Gasteiger charge is -2.47. The fourth-order valence-corrected chi connectivity index (χ4v) is 6.49. The van der Waals surface area contributed by atoms with Crippen LogP contribution in [0.5, 0.6) is 5.75 Å². The second-order valence-electron chi connectivity index (χ2n) is 12.7. The van der Waals surface area contributed by atoms with Gasteiger partial charge in [0.1, 0.15) is 22.7 Å². The monoisotopic (exact) mass is 605 g/mol. The number of amidine groups is 1. The molecule has 2 aliphatic rings. The van der Waals surface area contributed by atoms with Gasteiger partial charge in [-0.05, 0) is 98.5 Å².